The highest BCUT2D eigenvalue weighted by Gasteiger charge is 2.32. The molecule has 114 heavy (non-hydrogen) atoms. The van der Waals surface area contributed by atoms with E-state index in [1.807, 2.05) is 0 Å². The molecule has 0 N–H and O–H groups in total. The summed E-state index contributed by atoms with van der Waals surface area (Å²) in [5.41, 5.74) is 0. The monoisotopic (exact) mass is 1610 g/mol. The molecule has 0 bridgehead atoms. The Morgan fingerprint density at radius 3 is 0.895 bits per heavy atom. The van der Waals surface area contributed by atoms with Gasteiger partial charge in [0.25, 0.3) is 0 Å². The van der Waals surface area contributed by atoms with Crippen molar-refractivity contribution in [2.45, 2.75) is 525 Å². The van der Waals surface area contributed by atoms with Gasteiger partial charge in [0.05, 0.1) is 38.6 Å². The molecule has 0 radical (unpaired) electrons. The normalized spacial score (nSPS) is 13.3. The lowest BCUT2D eigenvalue weighted by atomic mass is 9.71. The molecule has 12 heteroatoms. The second-order valence-corrected chi connectivity index (χ2v) is 36.2. The molecular formula is C102H200N2O10. The summed E-state index contributed by atoms with van der Waals surface area (Å²) in [6, 6.07) is 0.560. The van der Waals surface area contributed by atoms with Crippen LogP contribution in [-0.4, -0.2) is 125 Å². The fraction of sp³-hybridized carbons (Fsp3) is 0.961. The summed E-state index contributed by atoms with van der Waals surface area (Å²) in [5, 5.41) is 0. The van der Waals surface area contributed by atoms with Gasteiger partial charge >= 0.3 is 23.9 Å². The molecule has 5 unspecified atom stereocenters. The molecule has 0 amide bonds. The topological polar surface area (TPSA) is 130 Å². The Morgan fingerprint density at radius 1 is 0.263 bits per heavy atom. The van der Waals surface area contributed by atoms with E-state index in [2.05, 4.69) is 99.9 Å². The van der Waals surface area contributed by atoms with Gasteiger partial charge in [0.1, 0.15) is 0 Å². The van der Waals surface area contributed by atoms with E-state index in [4.69, 9.17) is 28.4 Å². The first-order chi connectivity index (χ1) is 55.7. The Morgan fingerprint density at radius 2 is 0.561 bits per heavy atom. The molecule has 0 saturated carbocycles. The van der Waals surface area contributed by atoms with Crippen molar-refractivity contribution in [2.24, 2.45) is 35.5 Å². The van der Waals surface area contributed by atoms with Crippen LogP contribution in [0.25, 0.3) is 0 Å². The maximum absolute atomic E-state index is 13.8. The van der Waals surface area contributed by atoms with Gasteiger partial charge in [-0.15, -0.1) is 0 Å². The maximum atomic E-state index is 13.8. The van der Waals surface area contributed by atoms with Crippen LogP contribution >= 0.6 is 0 Å². The SMILES string of the molecule is CCCCCC(CCCCC)CCOC(=O)CCCCCCCCC(CCCCCCC(=O)OCCC(CCCCC)CC(CCC)C(COC(=O)CCCCCCCCC(CCCCCCC(=O)OCCC(CCCCC)CCCCC)OCCCCN(CC)CC)C(CCCCC)CCCCC)OCCCCN(C)C(C)C. The Balaban J connectivity index is 5.49. The molecule has 5 atom stereocenters. The third kappa shape index (κ3) is 71.5. The van der Waals surface area contributed by atoms with Crippen LogP contribution in [0.15, 0.2) is 0 Å². The first kappa shape index (κ1) is 112. The highest BCUT2D eigenvalue weighted by atomic mass is 16.5. The summed E-state index contributed by atoms with van der Waals surface area (Å²) in [5.74, 6) is 3.18. The quantitative estimate of drug-likeness (QED) is 0.0326. The van der Waals surface area contributed by atoms with Gasteiger partial charge in [0, 0.05) is 44.9 Å². The van der Waals surface area contributed by atoms with E-state index in [0.717, 1.165) is 206 Å². The van der Waals surface area contributed by atoms with Crippen molar-refractivity contribution < 1.29 is 47.6 Å². The Bertz CT molecular complexity index is 1990. The third-order valence-electron chi connectivity index (χ3n) is 25.6. The van der Waals surface area contributed by atoms with E-state index in [-0.39, 0.29) is 23.9 Å². The number of carbonyl (C=O) groups is 4. The summed E-state index contributed by atoms with van der Waals surface area (Å²) in [6.07, 6.45) is 75.1. The summed E-state index contributed by atoms with van der Waals surface area (Å²) in [4.78, 5) is 57.5. The zero-order valence-electron chi connectivity index (χ0n) is 78.9. The van der Waals surface area contributed by atoms with Crippen molar-refractivity contribution in [1.29, 1.82) is 0 Å². The molecule has 0 aromatic carbocycles. The second kappa shape index (κ2) is 85.7. The molecule has 0 spiro atoms. The number of hydrogen-bond donors (Lipinski definition) is 0. The van der Waals surface area contributed by atoms with Crippen LogP contribution < -0.4 is 0 Å². The van der Waals surface area contributed by atoms with E-state index in [1.165, 1.54) is 231 Å². The fourth-order valence-corrected chi connectivity index (χ4v) is 17.5. The van der Waals surface area contributed by atoms with Crippen LogP contribution in [0.5, 0.6) is 0 Å². The summed E-state index contributed by atoms with van der Waals surface area (Å²) in [6.45, 7) is 35.8. The Labute approximate surface area is 710 Å². The lowest BCUT2D eigenvalue weighted by Gasteiger charge is -2.36. The van der Waals surface area contributed by atoms with Crippen LogP contribution in [0.4, 0.5) is 0 Å². The molecule has 0 aliphatic rings. The van der Waals surface area contributed by atoms with Crippen LogP contribution in [0.2, 0.25) is 0 Å². The zero-order chi connectivity index (χ0) is 83.6. The number of ether oxygens (including phenoxy) is 6. The lowest BCUT2D eigenvalue weighted by Crippen LogP contribution is -2.31. The van der Waals surface area contributed by atoms with E-state index in [0.29, 0.717) is 106 Å². The van der Waals surface area contributed by atoms with Crippen LogP contribution in [0, 0.1) is 35.5 Å². The van der Waals surface area contributed by atoms with Crippen LogP contribution in [0.3, 0.4) is 0 Å². The molecule has 0 saturated heterocycles. The number of rotatable bonds is 92. The molecule has 0 heterocycles. The summed E-state index contributed by atoms with van der Waals surface area (Å²) in [7, 11) is 2.22. The van der Waals surface area contributed by atoms with E-state index < -0.39 is 0 Å². The second-order valence-electron chi connectivity index (χ2n) is 36.2. The highest BCUT2D eigenvalue weighted by molar-refractivity contribution is 5.70. The minimum Gasteiger partial charge on any atom is -0.466 e. The van der Waals surface area contributed by atoms with Gasteiger partial charge < -0.3 is 38.2 Å². The predicted octanol–water partition coefficient (Wildman–Crippen LogP) is 30.2. The van der Waals surface area contributed by atoms with Gasteiger partial charge in [-0.3, -0.25) is 19.2 Å². The van der Waals surface area contributed by atoms with E-state index in [9.17, 15) is 19.2 Å². The molecule has 0 aromatic heterocycles. The summed E-state index contributed by atoms with van der Waals surface area (Å²) < 4.78 is 37.3. The van der Waals surface area contributed by atoms with Crippen molar-refractivity contribution >= 4 is 23.9 Å². The number of hydrogen-bond acceptors (Lipinski definition) is 12. The molecule has 0 aliphatic heterocycles. The average molecular weight is 1610 g/mol. The lowest BCUT2D eigenvalue weighted by molar-refractivity contribution is -0.147. The van der Waals surface area contributed by atoms with Gasteiger partial charge in [-0.1, -0.05) is 365 Å². The molecule has 12 nitrogen and oxygen atoms in total. The average Bonchev–Trinajstić information content (AvgIpc) is 0.856. The van der Waals surface area contributed by atoms with Gasteiger partial charge in [-0.25, -0.2) is 0 Å². The molecule has 678 valence electrons. The van der Waals surface area contributed by atoms with Gasteiger partial charge in [-0.05, 0) is 185 Å². The zero-order valence-corrected chi connectivity index (χ0v) is 78.9. The van der Waals surface area contributed by atoms with E-state index >= 15 is 0 Å². The fourth-order valence-electron chi connectivity index (χ4n) is 17.5. The van der Waals surface area contributed by atoms with Gasteiger partial charge in [-0.2, -0.15) is 0 Å². The number of unbranched alkanes of at least 4 members (excludes halogenated alkanes) is 32. The van der Waals surface area contributed by atoms with Crippen molar-refractivity contribution in [1.82, 2.24) is 9.80 Å². The number of carbonyl (C=O) groups excluding carboxylic acids is 4. The highest BCUT2D eigenvalue weighted by Crippen LogP contribution is 2.39. The van der Waals surface area contributed by atoms with Crippen LogP contribution in [-0.2, 0) is 47.6 Å². The first-order valence-electron chi connectivity index (χ1n) is 51.0. The molecule has 0 aliphatic carbocycles. The predicted molar refractivity (Wildman–Crippen MR) is 490 cm³/mol. The number of esters is 4. The van der Waals surface area contributed by atoms with Crippen LogP contribution in [0.1, 0.15) is 507 Å². The summed E-state index contributed by atoms with van der Waals surface area (Å²) >= 11 is 0. The van der Waals surface area contributed by atoms with Gasteiger partial charge in [0.2, 0.25) is 0 Å². The van der Waals surface area contributed by atoms with Crippen molar-refractivity contribution in [3.63, 3.8) is 0 Å². The maximum Gasteiger partial charge on any atom is 0.305 e. The smallest absolute Gasteiger partial charge is 0.305 e. The Hall–Kier alpha value is -2.28. The minimum absolute atomic E-state index is 0.00765. The molecular weight excluding hydrogens is 1410 g/mol. The third-order valence-corrected chi connectivity index (χ3v) is 25.6. The van der Waals surface area contributed by atoms with Crippen molar-refractivity contribution in [2.75, 3.05) is 72.9 Å². The van der Waals surface area contributed by atoms with Crippen molar-refractivity contribution in [3.05, 3.63) is 0 Å². The van der Waals surface area contributed by atoms with E-state index in [1.54, 1.807) is 0 Å². The number of nitrogens with zero attached hydrogens (tertiary/aromatic N) is 2. The molecule has 0 fully saturated rings. The minimum atomic E-state index is -0.0414. The largest absolute Gasteiger partial charge is 0.466 e. The Kier molecular flexibility index (Phi) is 84.0. The molecule has 0 rings (SSSR count). The first-order valence-corrected chi connectivity index (χ1v) is 51.0. The van der Waals surface area contributed by atoms with Crippen molar-refractivity contribution in [3.8, 4) is 0 Å². The molecule has 0 aromatic rings. The standard InChI is InChI=1S/C102H200N2O10/c1-14-24-43-63-91(64-44-25-15-2)78-85-111-99(105)74-54-37-33-31-35-50-70-96(109-83-60-58-81-103(13)90(11)12)72-52-40-42-57-76-101(107)113-87-80-93(67-47-28-18-5)88-95(62-21-8)98(94(68-48-29-19-6)69-49-30-20-7)89-114-102(108)77-55-38-34-32-36-51-71-97(110-84-61-59-82-104(22-9)23-10)73-53-39-41-56-75-100(106)112-86-79-92(65-45-26-16-3)66-46-27-17-4/h90-98H,14-89H2,1-13H3. The van der Waals surface area contributed by atoms with Gasteiger partial charge in [0.15, 0.2) is 0 Å².